The van der Waals surface area contributed by atoms with E-state index in [0.717, 1.165) is 34.0 Å². The fourth-order valence-electron chi connectivity index (χ4n) is 1.71. The molecule has 4 heteroatoms. The van der Waals surface area contributed by atoms with Gasteiger partial charge >= 0.3 is 0 Å². The maximum absolute atomic E-state index is 5.57. The molecule has 0 saturated heterocycles. The van der Waals surface area contributed by atoms with Crippen LogP contribution in [0.15, 0.2) is 31.8 Å². The van der Waals surface area contributed by atoms with E-state index in [4.69, 9.17) is 4.42 Å². The van der Waals surface area contributed by atoms with E-state index in [9.17, 15) is 0 Å². The highest BCUT2D eigenvalue weighted by molar-refractivity contribution is 9.11. The molecule has 86 valence electrons. The molecule has 2 rings (SSSR count). The van der Waals surface area contributed by atoms with Gasteiger partial charge in [-0.3, -0.25) is 0 Å². The summed E-state index contributed by atoms with van der Waals surface area (Å²) in [6.07, 6.45) is 2.84. The lowest BCUT2D eigenvalue weighted by Gasteiger charge is -2.00. The Kier molecular flexibility index (Phi) is 4.05. The van der Waals surface area contributed by atoms with Gasteiger partial charge in [-0.1, -0.05) is 22.9 Å². The zero-order valence-electron chi connectivity index (χ0n) is 9.02. The smallest absolute Gasteiger partial charge is 0.148 e. The number of halogens is 2. The first-order valence-corrected chi connectivity index (χ1v) is 6.86. The SMILES string of the molecule is CCNCCc1coc2c(Br)cc(Br)cc12. The number of rotatable bonds is 4. The van der Waals surface area contributed by atoms with E-state index in [1.54, 1.807) is 0 Å². The molecule has 0 aliphatic rings. The Bertz CT molecular complexity index is 493. The zero-order valence-corrected chi connectivity index (χ0v) is 12.2. The highest BCUT2D eigenvalue weighted by Crippen LogP contribution is 2.32. The molecule has 2 aromatic rings. The summed E-state index contributed by atoms with van der Waals surface area (Å²) < 4.78 is 7.63. The normalized spacial score (nSPS) is 11.2. The van der Waals surface area contributed by atoms with Gasteiger partial charge in [0.1, 0.15) is 5.58 Å². The zero-order chi connectivity index (χ0) is 11.5. The van der Waals surface area contributed by atoms with Crippen LogP contribution in [0.1, 0.15) is 12.5 Å². The van der Waals surface area contributed by atoms with Crippen LogP contribution < -0.4 is 5.32 Å². The second-order valence-corrected chi connectivity index (χ2v) is 5.40. The fourth-order valence-corrected chi connectivity index (χ4v) is 3.02. The largest absolute Gasteiger partial charge is 0.463 e. The van der Waals surface area contributed by atoms with Crippen LogP contribution in [0.4, 0.5) is 0 Å². The van der Waals surface area contributed by atoms with Crippen molar-refractivity contribution in [2.75, 3.05) is 13.1 Å². The molecule has 0 aliphatic carbocycles. The number of fused-ring (bicyclic) bond motifs is 1. The van der Waals surface area contributed by atoms with Crippen molar-refractivity contribution in [3.63, 3.8) is 0 Å². The van der Waals surface area contributed by atoms with Gasteiger partial charge in [0.15, 0.2) is 0 Å². The molecule has 0 spiro atoms. The van der Waals surface area contributed by atoms with Crippen LogP contribution in [0.3, 0.4) is 0 Å². The molecule has 0 bridgehead atoms. The summed E-state index contributed by atoms with van der Waals surface area (Å²) in [6.45, 7) is 4.10. The van der Waals surface area contributed by atoms with Crippen molar-refractivity contribution in [1.82, 2.24) is 5.32 Å². The van der Waals surface area contributed by atoms with Crippen molar-refractivity contribution in [2.45, 2.75) is 13.3 Å². The van der Waals surface area contributed by atoms with Gasteiger partial charge < -0.3 is 9.73 Å². The molecule has 1 N–H and O–H groups in total. The molecule has 0 saturated carbocycles. The molecule has 0 fully saturated rings. The maximum atomic E-state index is 5.57. The molecular formula is C12H13Br2NO. The Morgan fingerprint density at radius 1 is 1.31 bits per heavy atom. The third-order valence-electron chi connectivity index (χ3n) is 2.49. The summed E-state index contributed by atoms with van der Waals surface area (Å²) in [5.41, 5.74) is 2.17. The Labute approximate surface area is 112 Å². The average Bonchev–Trinajstić information content (AvgIpc) is 2.62. The maximum Gasteiger partial charge on any atom is 0.148 e. The lowest BCUT2D eigenvalue weighted by atomic mass is 10.1. The number of furan rings is 1. The minimum Gasteiger partial charge on any atom is -0.463 e. The lowest BCUT2D eigenvalue weighted by Crippen LogP contribution is -2.15. The predicted octanol–water partition coefficient (Wildman–Crippen LogP) is 4.11. The first-order valence-electron chi connectivity index (χ1n) is 5.28. The number of nitrogens with one attached hydrogen (secondary N) is 1. The van der Waals surface area contributed by atoms with Crippen LogP contribution in [-0.4, -0.2) is 13.1 Å². The Balaban J connectivity index is 2.32. The minimum atomic E-state index is 0.926. The van der Waals surface area contributed by atoms with Gasteiger partial charge in [-0.2, -0.15) is 0 Å². The van der Waals surface area contributed by atoms with E-state index in [0.29, 0.717) is 0 Å². The third kappa shape index (κ3) is 2.50. The van der Waals surface area contributed by atoms with Gasteiger partial charge in [0, 0.05) is 9.86 Å². The number of hydrogen-bond donors (Lipinski definition) is 1. The Morgan fingerprint density at radius 2 is 2.12 bits per heavy atom. The molecule has 1 aromatic heterocycles. The van der Waals surface area contributed by atoms with Gasteiger partial charge in [-0.25, -0.2) is 0 Å². The summed E-state index contributed by atoms with van der Waals surface area (Å²) in [4.78, 5) is 0. The molecule has 0 aliphatic heterocycles. The summed E-state index contributed by atoms with van der Waals surface area (Å²) in [5.74, 6) is 0. The Morgan fingerprint density at radius 3 is 2.88 bits per heavy atom. The van der Waals surface area contributed by atoms with Crippen LogP contribution in [0, 0.1) is 0 Å². The van der Waals surface area contributed by atoms with Crippen molar-refractivity contribution < 1.29 is 4.42 Å². The molecular weight excluding hydrogens is 334 g/mol. The molecule has 1 heterocycles. The molecule has 1 aromatic carbocycles. The second-order valence-electron chi connectivity index (χ2n) is 3.63. The van der Waals surface area contributed by atoms with Gasteiger partial charge in [0.05, 0.1) is 10.7 Å². The quantitative estimate of drug-likeness (QED) is 0.843. The first-order chi connectivity index (χ1) is 7.72. The molecule has 0 radical (unpaired) electrons. The van der Waals surface area contributed by atoms with Gasteiger partial charge in [-0.15, -0.1) is 0 Å². The topological polar surface area (TPSA) is 25.2 Å². The molecule has 0 unspecified atom stereocenters. The summed E-state index contributed by atoms with van der Waals surface area (Å²) in [6, 6.07) is 4.10. The molecule has 0 atom stereocenters. The van der Waals surface area contributed by atoms with Crippen LogP contribution in [0.25, 0.3) is 11.0 Å². The van der Waals surface area contributed by atoms with E-state index in [-0.39, 0.29) is 0 Å². The van der Waals surface area contributed by atoms with Crippen LogP contribution in [-0.2, 0) is 6.42 Å². The minimum absolute atomic E-state index is 0.926. The van der Waals surface area contributed by atoms with E-state index >= 15 is 0 Å². The van der Waals surface area contributed by atoms with Crippen molar-refractivity contribution in [3.8, 4) is 0 Å². The fraction of sp³-hybridized carbons (Fsp3) is 0.333. The molecule has 2 nitrogen and oxygen atoms in total. The van der Waals surface area contributed by atoms with Crippen molar-refractivity contribution in [3.05, 3.63) is 32.9 Å². The highest BCUT2D eigenvalue weighted by atomic mass is 79.9. The van der Waals surface area contributed by atoms with E-state index in [1.807, 2.05) is 12.3 Å². The van der Waals surface area contributed by atoms with Crippen molar-refractivity contribution in [1.29, 1.82) is 0 Å². The number of likely N-dealkylation sites (N-methyl/N-ethyl adjacent to an activating group) is 1. The number of hydrogen-bond acceptors (Lipinski definition) is 2. The van der Waals surface area contributed by atoms with E-state index in [1.165, 1.54) is 10.9 Å². The summed E-state index contributed by atoms with van der Waals surface area (Å²) in [7, 11) is 0. The summed E-state index contributed by atoms with van der Waals surface area (Å²) in [5, 5.41) is 4.50. The summed E-state index contributed by atoms with van der Waals surface area (Å²) >= 11 is 7.00. The third-order valence-corrected chi connectivity index (χ3v) is 3.54. The van der Waals surface area contributed by atoms with Gasteiger partial charge in [0.25, 0.3) is 0 Å². The van der Waals surface area contributed by atoms with Crippen LogP contribution in [0.2, 0.25) is 0 Å². The molecule has 16 heavy (non-hydrogen) atoms. The molecule has 0 amide bonds. The van der Waals surface area contributed by atoms with Crippen molar-refractivity contribution >= 4 is 42.8 Å². The van der Waals surface area contributed by atoms with Gasteiger partial charge in [-0.05, 0) is 53.1 Å². The van der Waals surface area contributed by atoms with Crippen LogP contribution >= 0.6 is 31.9 Å². The lowest BCUT2D eigenvalue weighted by molar-refractivity contribution is 0.605. The van der Waals surface area contributed by atoms with E-state index in [2.05, 4.69) is 50.2 Å². The number of benzene rings is 1. The van der Waals surface area contributed by atoms with E-state index < -0.39 is 0 Å². The standard InChI is InChI=1S/C12H13Br2NO/c1-2-15-4-3-8-7-16-12-10(8)5-9(13)6-11(12)14/h5-7,15H,2-4H2,1H3. The van der Waals surface area contributed by atoms with Crippen molar-refractivity contribution in [2.24, 2.45) is 0 Å². The first kappa shape index (κ1) is 12.1. The average molecular weight is 347 g/mol. The Hall–Kier alpha value is -0.320. The van der Waals surface area contributed by atoms with Gasteiger partial charge in [0.2, 0.25) is 0 Å². The highest BCUT2D eigenvalue weighted by Gasteiger charge is 2.09. The predicted molar refractivity (Wildman–Crippen MR) is 73.9 cm³/mol. The van der Waals surface area contributed by atoms with Crippen LogP contribution in [0.5, 0.6) is 0 Å². The monoisotopic (exact) mass is 345 g/mol. The second kappa shape index (κ2) is 5.34.